The van der Waals surface area contributed by atoms with E-state index in [-0.39, 0.29) is 6.10 Å². The average Bonchev–Trinajstić information content (AvgIpc) is 2.23. The van der Waals surface area contributed by atoms with Crippen molar-refractivity contribution in [2.24, 2.45) is 0 Å². The standard InChI is InChI=1S/C11H15NO.C2H6/c1-7-6-8(2)12-11-9(7)4-3-5-10(11)13;1-2/h6,10,13H,3-5H2,1-2H3;1-2H3. The Hall–Kier alpha value is -0.890. The first-order chi connectivity index (χ1) is 7.18. The van der Waals surface area contributed by atoms with Crippen molar-refractivity contribution in [3.8, 4) is 0 Å². The van der Waals surface area contributed by atoms with E-state index in [4.69, 9.17) is 0 Å². The Bertz CT molecular complexity index is 334. The second-order valence-electron chi connectivity index (χ2n) is 3.85. The fraction of sp³-hybridized carbons (Fsp3) is 0.615. The number of hydrogen-bond acceptors (Lipinski definition) is 2. The predicted octanol–water partition coefficient (Wildman–Crippen LogP) is 3.09. The minimum atomic E-state index is -0.331. The van der Waals surface area contributed by atoms with Crippen LogP contribution in [0.3, 0.4) is 0 Å². The van der Waals surface area contributed by atoms with Gasteiger partial charge in [-0.3, -0.25) is 4.98 Å². The summed E-state index contributed by atoms with van der Waals surface area (Å²) in [6, 6.07) is 2.09. The van der Waals surface area contributed by atoms with Crippen molar-refractivity contribution in [2.75, 3.05) is 0 Å². The van der Waals surface area contributed by atoms with Crippen LogP contribution >= 0.6 is 0 Å². The van der Waals surface area contributed by atoms with Crippen LogP contribution in [-0.4, -0.2) is 10.1 Å². The van der Waals surface area contributed by atoms with Gasteiger partial charge in [-0.25, -0.2) is 0 Å². The number of aryl methyl sites for hydroxylation is 2. The van der Waals surface area contributed by atoms with Gasteiger partial charge >= 0.3 is 0 Å². The fourth-order valence-electron chi connectivity index (χ4n) is 2.10. The topological polar surface area (TPSA) is 33.1 Å². The highest BCUT2D eigenvalue weighted by molar-refractivity contribution is 5.34. The van der Waals surface area contributed by atoms with Crippen LogP contribution in [0.4, 0.5) is 0 Å². The van der Waals surface area contributed by atoms with Gasteiger partial charge in [0.05, 0.1) is 11.8 Å². The normalized spacial score (nSPS) is 18.9. The summed E-state index contributed by atoms with van der Waals surface area (Å²) in [6.07, 6.45) is 2.69. The second kappa shape index (κ2) is 5.26. The maximum atomic E-state index is 9.75. The zero-order valence-corrected chi connectivity index (χ0v) is 10.2. The molecule has 1 aliphatic rings. The van der Waals surface area contributed by atoms with Crippen molar-refractivity contribution in [3.63, 3.8) is 0 Å². The molecule has 1 aliphatic carbocycles. The van der Waals surface area contributed by atoms with Crippen molar-refractivity contribution >= 4 is 0 Å². The molecule has 1 atom stereocenters. The van der Waals surface area contributed by atoms with Crippen molar-refractivity contribution in [2.45, 2.75) is 53.1 Å². The smallest absolute Gasteiger partial charge is 0.0962 e. The molecule has 2 nitrogen and oxygen atoms in total. The van der Waals surface area contributed by atoms with E-state index in [1.807, 2.05) is 20.8 Å². The van der Waals surface area contributed by atoms with E-state index in [2.05, 4.69) is 18.0 Å². The highest BCUT2D eigenvalue weighted by Gasteiger charge is 2.20. The molecule has 0 aromatic carbocycles. The Labute approximate surface area is 92.4 Å². The van der Waals surface area contributed by atoms with Crippen molar-refractivity contribution in [3.05, 3.63) is 28.6 Å². The van der Waals surface area contributed by atoms with Crippen LogP contribution in [0.25, 0.3) is 0 Å². The van der Waals surface area contributed by atoms with Gasteiger partial charge in [0.15, 0.2) is 0 Å². The summed E-state index contributed by atoms with van der Waals surface area (Å²) >= 11 is 0. The zero-order valence-electron chi connectivity index (χ0n) is 10.2. The molecule has 15 heavy (non-hydrogen) atoms. The lowest BCUT2D eigenvalue weighted by Gasteiger charge is -2.22. The van der Waals surface area contributed by atoms with Crippen molar-refractivity contribution in [1.82, 2.24) is 4.98 Å². The molecular weight excluding hydrogens is 186 g/mol. The number of nitrogens with zero attached hydrogens (tertiary/aromatic N) is 1. The third-order valence-corrected chi connectivity index (χ3v) is 2.73. The maximum absolute atomic E-state index is 9.75. The summed E-state index contributed by atoms with van der Waals surface area (Å²) in [4.78, 5) is 4.41. The summed E-state index contributed by atoms with van der Waals surface area (Å²) in [5, 5.41) is 9.75. The van der Waals surface area contributed by atoms with Gasteiger partial charge in [-0.15, -0.1) is 0 Å². The van der Waals surface area contributed by atoms with Gasteiger partial charge in [0.1, 0.15) is 0 Å². The number of fused-ring (bicyclic) bond motifs is 1. The van der Waals surface area contributed by atoms with E-state index >= 15 is 0 Å². The first-order valence-corrected chi connectivity index (χ1v) is 5.83. The summed E-state index contributed by atoms with van der Waals surface area (Å²) < 4.78 is 0. The van der Waals surface area contributed by atoms with Crippen LogP contribution < -0.4 is 0 Å². The molecule has 0 fully saturated rings. The molecule has 0 saturated heterocycles. The summed E-state index contributed by atoms with van der Waals surface area (Å²) in [5.74, 6) is 0. The van der Waals surface area contributed by atoms with E-state index in [0.29, 0.717) is 0 Å². The van der Waals surface area contributed by atoms with Crippen LogP contribution in [0.1, 0.15) is 55.3 Å². The van der Waals surface area contributed by atoms with Gasteiger partial charge in [-0.2, -0.15) is 0 Å². The van der Waals surface area contributed by atoms with Crippen molar-refractivity contribution in [1.29, 1.82) is 0 Å². The summed E-state index contributed by atoms with van der Waals surface area (Å²) in [6.45, 7) is 8.08. The van der Waals surface area contributed by atoms with Gasteiger partial charge in [0.2, 0.25) is 0 Å². The lowest BCUT2D eigenvalue weighted by molar-refractivity contribution is 0.151. The first-order valence-electron chi connectivity index (χ1n) is 5.83. The second-order valence-corrected chi connectivity index (χ2v) is 3.85. The molecule has 84 valence electrons. The van der Waals surface area contributed by atoms with E-state index in [0.717, 1.165) is 30.7 Å². The zero-order chi connectivity index (χ0) is 11.4. The van der Waals surface area contributed by atoms with E-state index < -0.39 is 0 Å². The Kier molecular flexibility index (Phi) is 4.28. The monoisotopic (exact) mass is 207 g/mol. The fourth-order valence-corrected chi connectivity index (χ4v) is 2.10. The van der Waals surface area contributed by atoms with E-state index in [1.165, 1.54) is 11.1 Å². The molecule has 0 radical (unpaired) electrons. The molecule has 0 bridgehead atoms. The Morgan fingerprint density at radius 3 is 2.67 bits per heavy atom. The van der Waals surface area contributed by atoms with Crippen LogP contribution in [0.5, 0.6) is 0 Å². The molecule has 1 N–H and O–H groups in total. The lowest BCUT2D eigenvalue weighted by Crippen LogP contribution is -2.13. The molecule has 1 aromatic heterocycles. The SMILES string of the molecule is CC.Cc1cc(C)c2c(n1)C(O)CCC2. The van der Waals surface area contributed by atoms with Gasteiger partial charge in [-0.1, -0.05) is 13.8 Å². The van der Waals surface area contributed by atoms with Gasteiger partial charge in [0.25, 0.3) is 0 Å². The van der Waals surface area contributed by atoms with E-state index in [9.17, 15) is 5.11 Å². The van der Waals surface area contributed by atoms with Gasteiger partial charge < -0.3 is 5.11 Å². The molecule has 1 unspecified atom stereocenters. The van der Waals surface area contributed by atoms with E-state index in [1.54, 1.807) is 0 Å². The van der Waals surface area contributed by atoms with Gasteiger partial charge in [-0.05, 0) is 50.3 Å². The Balaban J connectivity index is 0.000000531. The van der Waals surface area contributed by atoms with Gasteiger partial charge in [0, 0.05) is 5.69 Å². The highest BCUT2D eigenvalue weighted by atomic mass is 16.3. The quantitative estimate of drug-likeness (QED) is 0.709. The molecule has 2 rings (SSSR count). The molecule has 0 spiro atoms. The Morgan fingerprint density at radius 2 is 2.00 bits per heavy atom. The number of aliphatic hydroxyl groups excluding tert-OH is 1. The average molecular weight is 207 g/mol. The number of hydrogen-bond donors (Lipinski definition) is 1. The largest absolute Gasteiger partial charge is 0.387 e. The molecule has 1 aromatic rings. The third kappa shape index (κ3) is 2.57. The minimum absolute atomic E-state index is 0.331. The Morgan fingerprint density at radius 1 is 1.33 bits per heavy atom. The molecule has 0 amide bonds. The number of aromatic nitrogens is 1. The van der Waals surface area contributed by atoms with Crippen LogP contribution in [-0.2, 0) is 6.42 Å². The van der Waals surface area contributed by atoms with Crippen molar-refractivity contribution < 1.29 is 5.11 Å². The maximum Gasteiger partial charge on any atom is 0.0962 e. The van der Waals surface area contributed by atoms with Crippen LogP contribution in [0.2, 0.25) is 0 Å². The number of rotatable bonds is 0. The number of pyridine rings is 1. The lowest BCUT2D eigenvalue weighted by atomic mass is 9.90. The predicted molar refractivity (Wildman–Crippen MR) is 63.0 cm³/mol. The van der Waals surface area contributed by atoms with Crippen LogP contribution in [0.15, 0.2) is 6.07 Å². The molecule has 1 heterocycles. The summed E-state index contributed by atoms with van der Waals surface area (Å²) in [7, 11) is 0. The molecule has 0 aliphatic heterocycles. The molecule has 0 saturated carbocycles. The minimum Gasteiger partial charge on any atom is -0.387 e. The molecular formula is C13H21NO. The van der Waals surface area contributed by atoms with Crippen LogP contribution in [0, 0.1) is 13.8 Å². The highest BCUT2D eigenvalue weighted by Crippen LogP contribution is 2.30. The first kappa shape index (κ1) is 12.2. The molecule has 2 heteroatoms. The summed E-state index contributed by atoms with van der Waals surface area (Å²) in [5.41, 5.74) is 4.48. The third-order valence-electron chi connectivity index (χ3n) is 2.73. The number of aliphatic hydroxyl groups is 1.